The van der Waals surface area contributed by atoms with Crippen molar-refractivity contribution in [3.63, 3.8) is 0 Å². The second-order valence-corrected chi connectivity index (χ2v) is 4.79. The molecular formula is C12H15ClN4O2. The molecule has 0 amide bonds. The van der Waals surface area contributed by atoms with Crippen LogP contribution >= 0.6 is 11.6 Å². The minimum atomic E-state index is 0.125. The van der Waals surface area contributed by atoms with Gasteiger partial charge in [-0.2, -0.15) is 4.98 Å². The Balaban J connectivity index is 2.21. The van der Waals surface area contributed by atoms with Crippen molar-refractivity contribution in [2.45, 2.75) is 31.4 Å². The van der Waals surface area contributed by atoms with Crippen LogP contribution in [0.1, 0.15) is 25.2 Å². The lowest BCUT2D eigenvalue weighted by Gasteiger charge is -2.18. The van der Waals surface area contributed by atoms with E-state index in [1.807, 2.05) is 0 Å². The molecule has 19 heavy (non-hydrogen) atoms. The number of rotatable bonds is 3. The first-order chi connectivity index (χ1) is 9.26. The molecule has 0 spiro atoms. The number of imidazole rings is 1. The maximum absolute atomic E-state index is 6.01. The molecule has 0 bridgehead atoms. The van der Waals surface area contributed by atoms with Gasteiger partial charge in [0.15, 0.2) is 11.2 Å². The third-order valence-corrected chi connectivity index (χ3v) is 3.74. The van der Waals surface area contributed by atoms with Gasteiger partial charge in [-0.1, -0.05) is 0 Å². The minimum absolute atomic E-state index is 0.125. The molecule has 1 fully saturated rings. The first-order valence-corrected chi connectivity index (χ1v) is 6.73. The van der Waals surface area contributed by atoms with Crippen molar-refractivity contribution in [3.8, 4) is 5.88 Å². The highest BCUT2D eigenvalue weighted by Gasteiger charge is 2.30. The topological polar surface area (TPSA) is 62.1 Å². The second kappa shape index (κ2) is 4.94. The fourth-order valence-electron chi connectivity index (χ4n) is 2.58. The van der Waals surface area contributed by atoms with Gasteiger partial charge in [-0.3, -0.25) is 0 Å². The second-order valence-electron chi connectivity index (χ2n) is 4.52. The Hall–Kier alpha value is -1.40. The number of hydrogen-bond donors (Lipinski definition) is 0. The summed E-state index contributed by atoms with van der Waals surface area (Å²) in [5, 5.41) is 0. The molecule has 2 unspecified atom stereocenters. The number of ether oxygens (including phenoxy) is 2. The van der Waals surface area contributed by atoms with E-state index in [2.05, 4.69) is 26.4 Å². The van der Waals surface area contributed by atoms with E-state index < -0.39 is 0 Å². The minimum Gasteiger partial charge on any atom is -0.479 e. The molecule has 102 valence electrons. The monoisotopic (exact) mass is 282 g/mol. The van der Waals surface area contributed by atoms with Crippen LogP contribution in [0.4, 0.5) is 0 Å². The summed E-state index contributed by atoms with van der Waals surface area (Å²) < 4.78 is 12.9. The van der Waals surface area contributed by atoms with E-state index in [1.54, 1.807) is 7.11 Å². The average molecular weight is 283 g/mol. The zero-order chi connectivity index (χ0) is 13.4. The normalized spacial score (nSPS) is 23.1. The van der Waals surface area contributed by atoms with E-state index in [-0.39, 0.29) is 12.1 Å². The number of nitrogens with zero attached hydrogens (tertiary/aromatic N) is 4. The van der Waals surface area contributed by atoms with Gasteiger partial charge >= 0.3 is 0 Å². The lowest BCUT2D eigenvalue weighted by atomic mass is 10.1. The predicted molar refractivity (Wildman–Crippen MR) is 70.5 cm³/mol. The summed E-state index contributed by atoms with van der Waals surface area (Å²) in [5.41, 5.74) is 1.41. The fourth-order valence-corrected chi connectivity index (χ4v) is 2.77. The first kappa shape index (κ1) is 12.6. The Morgan fingerprint density at radius 1 is 1.53 bits per heavy atom. The third-order valence-electron chi connectivity index (χ3n) is 3.50. The van der Waals surface area contributed by atoms with Crippen LogP contribution in [0.15, 0.2) is 6.33 Å². The summed E-state index contributed by atoms with van der Waals surface area (Å²) in [5.74, 6) is 1.57. The predicted octanol–water partition coefficient (Wildman–Crippen LogP) is 1.92. The van der Waals surface area contributed by atoms with Gasteiger partial charge < -0.3 is 14.0 Å². The van der Waals surface area contributed by atoms with Crippen molar-refractivity contribution >= 4 is 22.8 Å². The van der Waals surface area contributed by atoms with Gasteiger partial charge in [0.25, 0.3) is 0 Å². The number of fused-ring (bicyclic) bond motifs is 1. The molecule has 2 aromatic rings. The molecule has 1 aliphatic rings. The zero-order valence-corrected chi connectivity index (χ0v) is 11.6. The summed E-state index contributed by atoms with van der Waals surface area (Å²) in [6.45, 7) is 2.80. The van der Waals surface area contributed by atoms with Crippen LogP contribution < -0.4 is 4.74 Å². The van der Waals surface area contributed by atoms with Crippen molar-refractivity contribution in [1.82, 2.24) is 19.5 Å². The number of hydrogen-bond acceptors (Lipinski definition) is 5. The van der Waals surface area contributed by atoms with Gasteiger partial charge in [-0.25, -0.2) is 9.97 Å². The van der Waals surface area contributed by atoms with Gasteiger partial charge in [-0.05, 0) is 13.3 Å². The Morgan fingerprint density at radius 3 is 3.00 bits per heavy atom. The first-order valence-electron chi connectivity index (χ1n) is 6.19. The van der Waals surface area contributed by atoms with E-state index in [0.29, 0.717) is 17.3 Å². The molecule has 0 N–H and O–H groups in total. The molecule has 0 aromatic carbocycles. The summed E-state index contributed by atoms with van der Waals surface area (Å²) in [6.07, 6.45) is 2.54. The molecule has 3 heterocycles. The van der Waals surface area contributed by atoms with Gasteiger partial charge in [0.2, 0.25) is 5.88 Å². The highest BCUT2D eigenvalue weighted by Crippen LogP contribution is 2.32. The standard InChI is InChI=1S/C12H15ClN4O2/c1-7-8(3-4-19-7)17-9(5-13)16-10-11(17)14-6-15-12(10)18-2/h6-8H,3-5H2,1-2H3. The van der Waals surface area contributed by atoms with Crippen LogP contribution in [-0.4, -0.2) is 39.3 Å². The molecule has 2 atom stereocenters. The largest absolute Gasteiger partial charge is 0.479 e. The Bertz CT molecular complexity index is 601. The summed E-state index contributed by atoms with van der Waals surface area (Å²) >= 11 is 6.01. The lowest BCUT2D eigenvalue weighted by molar-refractivity contribution is 0.108. The molecule has 1 aliphatic heterocycles. The molecular weight excluding hydrogens is 268 g/mol. The van der Waals surface area contributed by atoms with Gasteiger partial charge in [0.05, 0.1) is 25.1 Å². The molecule has 0 aliphatic carbocycles. The summed E-state index contributed by atoms with van der Waals surface area (Å²) in [4.78, 5) is 12.9. The van der Waals surface area contributed by atoms with Crippen LogP contribution in [0, 0.1) is 0 Å². The third kappa shape index (κ3) is 1.95. The number of alkyl halides is 1. The highest BCUT2D eigenvalue weighted by molar-refractivity contribution is 6.16. The Labute approximate surface area is 115 Å². The molecule has 1 saturated heterocycles. The zero-order valence-electron chi connectivity index (χ0n) is 10.8. The smallest absolute Gasteiger partial charge is 0.245 e. The van der Waals surface area contributed by atoms with Crippen molar-refractivity contribution < 1.29 is 9.47 Å². The lowest BCUT2D eigenvalue weighted by Crippen LogP contribution is -2.19. The fraction of sp³-hybridized carbons (Fsp3) is 0.583. The average Bonchev–Trinajstić information content (AvgIpc) is 3.00. The van der Waals surface area contributed by atoms with E-state index >= 15 is 0 Å². The maximum Gasteiger partial charge on any atom is 0.245 e. The molecule has 0 radical (unpaired) electrons. The number of methoxy groups -OCH3 is 1. The Kier molecular flexibility index (Phi) is 3.28. The van der Waals surface area contributed by atoms with E-state index in [9.17, 15) is 0 Å². The van der Waals surface area contributed by atoms with Gasteiger partial charge in [-0.15, -0.1) is 11.6 Å². The van der Waals surface area contributed by atoms with E-state index in [0.717, 1.165) is 24.5 Å². The van der Waals surface area contributed by atoms with Crippen LogP contribution in [0.25, 0.3) is 11.2 Å². The number of aromatic nitrogens is 4. The summed E-state index contributed by atoms with van der Waals surface area (Å²) in [6, 6.07) is 0.207. The van der Waals surface area contributed by atoms with Crippen LogP contribution in [-0.2, 0) is 10.6 Å². The van der Waals surface area contributed by atoms with Crippen molar-refractivity contribution in [3.05, 3.63) is 12.2 Å². The maximum atomic E-state index is 6.01. The van der Waals surface area contributed by atoms with Crippen molar-refractivity contribution in [2.24, 2.45) is 0 Å². The van der Waals surface area contributed by atoms with Crippen LogP contribution in [0.5, 0.6) is 5.88 Å². The highest BCUT2D eigenvalue weighted by atomic mass is 35.5. The molecule has 6 nitrogen and oxygen atoms in total. The quantitative estimate of drug-likeness (QED) is 0.805. The van der Waals surface area contributed by atoms with Crippen molar-refractivity contribution in [2.75, 3.05) is 13.7 Å². The molecule has 3 rings (SSSR count). The molecule has 0 saturated carbocycles. The van der Waals surface area contributed by atoms with Gasteiger partial charge in [0.1, 0.15) is 12.2 Å². The van der Waals surface area contributed by atoms with Gasteiger partial charge in [0, 0.05) is 6.61 Å². The molecule has 7 heteroatoms. The SMILES string of the molecule is COc1ncnc2c1nc(CCl)n2C1CCOC1C. The van der Waals surface area contributed by atoms with E-state index in [4.69, 9.17) is 21.1 Å². The van der Waals surface area contributed by atoms with Crippen LogP contribution in [0.2, 0.25) is 0 Å². The van der Waals surface area contributed by atoms with E-state index in [1.165, 1.54) is 6.33 Å². The molecule has 2 aromatic heterocycles. The van der Waals surface area contributed by atoms with Crippen LogP contribution in [0.3, 0.4) is 0 Å². The number of halogens is 1. The Morgan fingerprint density at radius 2 is 2.37 bits per heavy atom. The summed E-state index contributed by atoms with van der Waals surface area (Å²) in [7, 11) is 1.57. The van der Waals surface area contributed by atoms with Crippen molar-refractivity contribution in [1.29, 1.82) is 0 Å².